The molecule has 0 saturated carbocycles. The predicted molar refractivity (Wildman–Crippen MR) is 106 cm³/mol. The number of ether oxygens (including phenoxy) is 2. The molecule has 1 aliphatic heterocycles. The molecule has 0 atom stereocenters. The van der Waals surface area contributed by atoms with E-state index in [1.165, 1.54) is 0 Å². The lowest BCUT2D eigenvalue weighted by molar-refractivity contribution is -0.113. The summed E-state index contributed by atoms with van der Waals surface area (Å²) in [5, 5.41) is 20.9. The molecule has 0 radical (unpaired) electrons. The van der Waals surface area contributed by atoms with Gasteiger partial charge in [0.2, 0.25) is 24.4 Å². The number of nitrogens with one attached hydrogen (secondary N) is 1. The van der Waals surface area contributed by atoms with Gasteiger partial charge in [0.15, 0.2) is 11.5 Å². The normalized spacial score (nSPS) is 12.1. The second-order valence-corrected chi connectivity index (χ2v) is 7.12. The van der Waals surface area contributed by atoms with E-state index in [2.05, 4.69) is 15.5 Å². The number of hydrogen-bond acceptors (Lipinski definition) is 9. The van der Waals surface area contributed by atoms with Crippen molar-refractivity contribution in [1.29, 1.82) is 5.26 Å². The second kappa shape index (κ2) is 7.46. The summed E-state index contributed by atoms with van der Waals surface area (Å²) >= 11 is 1.09. The molecular formula is C20H12N4O5S. The Morgan fingerprint density at radius 2 is 2.00 bits per heavy atom. The van der Waals surface area contributed by atoms with Crippen LogP contribution in [-0.2, 0) is 4.79 Å². The Morgan fingerprint density at radius 1 is 1.13 bits per heavy atom. The van der Waals surface area contributed by atoms with Crippen LogP contribution in [0.1, 0.15) is 5.76 Å². The summed E-state index contributed by atoms with van der Waals surface area (Å²) in [4.78, 5) is 12.4. The third kappa shape index (κ3) is 3.31. The monoisotopic (exact) mass is 420 g/mol. The van der Waals surface area contributed by atoms with Gasteiger partial charge in [0.1, 0.15) is 17.3 Å². The second-order valence-electron chi connectivity index (χ2n) is 6.19. The Balaban J connectivity index is 1.26. The summed E-state index contributed by atoms with van der Waals surface area (Å²) in [6.45, 7) is 0.179. The quantitative estimate of drug-likeness (QED) is 0.480. The molecule has 1 aliphatic rings. The van der Waals surface area contributed by atoms with Crippen LogP contribution in [0.5, 0.6) is 11.5 Å². The molecule has 0 fully saturated rings. The van der Waals surface area contributed by atoms with Gasteiger partial charge in [-0.05, 0) is 30.3 Å². The van der Waals surface area contributed by atoms with Crippen LogP contribution in [0.15, 0.2) is 56.5 Å². The number of benzene rings is 2. The standard InChI is InChI=1S/C20H12N4O5S/c21-8-16-18(12-3-1-2-4-13(12)28-16)22-17(25)9-30-20-24-23-19(29-20)11-5-6-14-15(7-11)27-10-26-14/h1-7H,9-10H2,(H,22,25). The van der Waals surface area contributed by atoms with Gasteiger partial charge in [-0.3, -0.25) is 4.79 Å². The van der Waals surface area contributed by atoms with E-state index in [-0.39, 0.29) is 29.4 Å². The number of thioether (sulfide) groups is 1. The fourth-order valence-electron chi connectivity index (χ4n) is 2.97. The van der Waals surface area contributed by atoms with Crippen LogP contribution in [0.3, 0.4) is 0 Å². The topological polar surface area (TPSA) is 123 Å². The highest BCUT2D eigenvalue weighted by molar-refractivity contribution is 7.99. The summed E-state index contributed by atoms with van der Waals surface area (Å²) in [5.74, 6) is 1.33. The minimum Gasteiger partial charge on any atom is -0.454 e. The van der Waals surface area contributed by atoms with Crippen molar-refractivity contribution in [3.8, 4) is 29.0 Å². The van der Waals surface area contributed by atoms with Gasteiger partial charge in [-0.1, -0.05) is 23.9 Å². The average Bonchev–Trinajstić information content (AvgIpc) is 3.50. The molecule has 3 heterocycles. The van der Waals surface area contributed by atoms with Crippen LogP contribution >= 0.6 is 11.8 Å². The zero-order chi connectivity index (χ0) is 20.5. The van der Waals surface area contributed by atoms with Crippen molar-refractivity contribution >= 4 is 34.3 Å². The largest absolute Gasteiger partial charge is 0.454 e. The van der Waals surface area contributed by atoms with Gasteiger partial charge in [-0.2, -0.15) is 5.26 Å². The minimum atomic E-state index is -0.328. The summed E-state index contributed by atoms with van der Waals surface area (Å²) in [7, 11) is 0. The SMILES string of the molecule is N#Cc1oc2ccccc2c1NC(=O)CSc1nnc(-c2ccc3c(c2)OCO3)o1. The molecule has 1 N–H and O–H groups in total. The molecule has 0 unspecified atom stereocenters. The van der Waals surface area contributed by atoms with Crippen molar-refractivity contribution < 1.29 is 23.1 Å². The maximum absolute atomic E-state index is 12.4. The molecule has 1 amide bonds. The maximum Gasteiger partial charge on any atom is 0.277 e. The van der Waals surface area contributed by atoms with Gasteiger partial charge in [0.25, 0.3) is 5.22 Å². The van der Waals surface area contributed by atoms with Crippen LogP contribution in [0.2, 0.25) is 0 Å². The number of nitriles is 1. The summed E-state index contributed by atoms with van der Waals surface area (Å²) in [6.07, 6.45) is 0. The maximum atomic E-state index is 12.4. The van der Waals surface area contributed by atoms with E-state index in [4.69, 9.17) is 18.3 Å². The van der Waals surface area contributed by atoms with Crippen LogP contribution in [-0.4, -0.2) is 28.7 Å². The predicted octanol–water partition coefficient (Wildman–Crippen LogP) is 3.81. The highest BCUT2D eigenvalue weighted by atomic mass is 32.2. The van der Waals surface area contributed by atoms with Gasteiger partial charge in [0.05, 0.1) is 5.75 Å². The van der Waals surface area contributed by atoms with Gasteiger partial charge in [0, 0.05) is 10.9 Å². The number of furan rings is 1. The number of anilines is 1. The van der Waals surface area contributed by atoms with E-state index in [0.29, 0.717) is 39.6 Å². The third-order valence-corrected chi connectivity index (χ3v) is 5.13. The number of nitrogens with zero attached hydrogens (tertiary/aromatic N) is 3. The number of para-hydroxylation sites is 1. The molecular weight excluding hydrogens is 408 g/mol. The molecule has 10 heteroatoms. The molecule has 0 spiro atoms. The van der Waals surface area contributed by atoms with Crippen LogP contribution < -0.4 is 14.8 Å². The Hall–Kier alpha value is -3.97. The smallest absolute Gasteiger partial charge is 0.277 e. The number of amides is 1. The number of carbonyl (C=O) groups is 1. The van der Waals surface area contributed by atoms with Crippen LogP contribution in [0.4, 0.5) is 5.69 Å². The molecule has 0 aliphatic carbocycles. The van der Waals surface area contributed by atoms with Crippen molar-refractivity contribution in [2.24, 2.45) is 0 Å². The lowest BCUT2D eigenvalue weighted by Crippen LogP contribution is -2.14. The Labute approximate surface area is 173 Å². The number of hydrogen-bond donors (Lipinski definition) is 1. The fourth-order valence-corrected chi connectivity index (χ4v) is 3.53. The summed E-state index contributed by atoms with van der Waals surface area (Å²) in [6, 6.07) is 14.4. The number of carbonyl (C=O) groups excluding carboxylic acids is 1. The zero-order valence-corrected chi connectivity index (χ0v) is 16.1. The van der Waals surface area contributed by atoms with E-state index in [1.807, 2.05) is 6.07 Å². The molecule has 2 aromatic carbocycles. The minimum absolute atomic E-state index is 0.0210. The van der Waals surface area contributed by atoms with Gasteiger partial charge >= 0.3 is 0 Å². The number of fused-ring (bicyclic) bond motifs is 2. The molecule has 148 valence electrons. The lowest BCUT2D eigenvalue weighted by atomic mass is 10.2. The zero-order valence-electron chi connectivity index (χ0n) is 15.2. The summed E-state index contributed by atoms with van der Waals surface area (Å²) in [5.41, 5.74) is 1.57. The van der Waals surface area contributed by atoms with Crippen LogP contribution in [0, 0.1) is 11.3 Å². The molecule has 9 nitrogen and oxygen atoms in total. The molecule has 0 bridgehead atoms. The van der Waals surface area contributed by atoms with Gasteiger partial charge < -0.3 is 23.6 Å². The van der Waals surface area contributed by atoms with E-state index in [9.17, 15) is 10.1 Å². The first-order valence-corrected chi connectivity index (χ1v) is 9.77. The van der Waals surface area contributed by atoms with Crippen molar-refractivity contribution in [3.63, 3.8) is 0 Å². The van der Waals surface area contributed by atoms with E-state index in [1.54, 1.807) is 42.5 Å². The van der Waals surface area contributed by atoms with Crippen molar-refractivity contribution in [3.05, 3.63) is 48.2 Å². The van der Waals surface area contributed by atoms with E-state index < -0.39 is 0 Å². The molecule has 0 saturated heterocycles. The van der Waals surface area contributed by atoms with Crippen molar-refractivity contribution in [1.82, 2.24) is 10.2 Å². The molecule has 2 aromatic heterocycles. The average molecular weight is 420 g/mol. The first kappa shape index (κ1) is 18.1. The van der Waals surface area contributed by atoms with E-state index >= 15 is 0 Å². The fraction of sp³-hybridized carbons (Fsp3) is 0.100. The van der Waals surface area contributed by atoms with E-state index in [0.717, 1.165) is 11.8 Å². The van der Waals surface area contributed by atoms with Gasteiger partial charge in [-0.25, -0.2) is 0 Å². The molecule has 30 heavy (non-hydrogen) atoms. The number of aromatic nitrogens is 2. The Morgan fingerprint density at radius 3 is 2.90 bits per heavy atom. The first-order valence-electron chi connectivity index (χ1n) is 8.79. The summed E-state index contributed by atoms with van der Waals surface area (Å²) < 4.78 is 21.7. The van der Waals surface area contributed by atoms with Crippen molar-refractivity contribution in [2.75, 3.05) is 17.9 Å². The first-order chi connectivity index (χ1) is 14.7. The highest BCUT2D eigenvalue weighted by Crippen LogP contribution is 2.36. The van der Waals surface area contributed by atoms with Gasteiger partial charge in [-0.15, -0.1) is 10.2 Å². The Kier molecular flexibility index (Phi) is 4.49. The van der Waals surface area contributed by atoms with Crippen molar-refractivity contribution in [2.45, 2.75) is 5.22 Å². The third-order valence-electron chi connectivity index (χ3n) is 4.31. The van der Waals surface area contributed by atoms with Crippen LogP contribution in [0.25, 0.3) is 22.4 Å². The highest BCUT2D eigenvalue weighted by Gasteiger charge is 2.19. The number of rotatable bonds is 5. The molecule has 5 rings (SSSR count). The lowest BCUT2D eigenvalue weighted by Gasteiger charge is -2.02. The molecule has 4 aromatic rings. The Bertz CT molecular complexity index is 1310.